The van der Waals surface area contributed by atoms with Crippen LogP contribution in [0.15, 0.2) is 12.3 Å². The first-order valence-electron chi connectivity index (χ1n) is 7.58. The lowest BCUT2D eigenvalue weighted by Gasteiger charge is -2.36. The third-order valence-electron chi connectivity index (χ3n) is 3.76. The van der Waals surface area contributed by atoms with E-state index in [1.807, 2.05) is 12.3 Å². The molecule has 1 aromatic rings. The molecule has 1 N–H and O–H groups in total. The van der Waals surface area contributed by atoms with Gasteiger partial charge in [-0.1, -0.05) is 39.3 Å². The van der Waals surface area contributed by atoms with Gasteiger partial charge in [0.05, 0.1) is 5.02 Å². The maximum Gasteiger partial charge on any atom is 0.147 e. The van der Waals surface area contributed by atoms with Crippen molar-refractivity contribution in [1.29, 1.82) is 0 Å². The van der Waals surface area contributed by atoms with Crippen molar-refractivity contribution in [3.8, 4) is 0 Å². The van der Waals surface area contributed by atoms with Crippen molar-refractivity contribution in [2.24, 2.45) is 11.8 Å². The number of nitrogens with one attached hydrogen (secondary N) is 1. The molecule has 1 aliphatic heterocycles. The van der Waals surface area contributed by atoms with Crippen LogP contribution in [0.2, 0.25) is 5.02 Å². The van der Waals surface area contributed by atoms with Crippen LogP contribution in [-0.2, 0) is 6.54 Å². The van der Waals surface area contributed by atoms with Crippen molar-refractivity contribution in [2.45, 2.75) is 46.7 Å². The first-order chi connectivity index (χ1) is 9.45. The standard InChI is InChI=1S/C16H26ClN3/c1-11(2)18-7-14-6-15(17)16(19-8-14)20-9-12(3)5-13(4)10-20/h6,8,11-13,18H,5,7,9-10H2,1-4H3. The molecule has 1 saturated heterocycles. The number of piperidine rings is 1. The zero-order valence-corrected chi connectivity index (χ0v) is 13.7. The van der Waals surface area contributed by atoms with Gasteiger partial charge in [-0.15, -0.1) is 0 Å². The van der Waals surface area contributed by atoms with E-state index in [4.69, 9.17) is 11.6 Å². The van der Waals surface area contributed by atoms with Crippen molar-refractivity contribution in [3.63, 3.8) is 0 Å². The molecule has 2 heterocycles. The van der Waals surface area contributed by atoms with Crippen molar-refractivity contribution < 1.29 is 0 Å². The molecule has 1 fully saturated rings. The molecule has 2 rings (SSSR count). The van der Waals surface area contributed by atoms with Gasteiger partial charge in [-0.2, -0.15) is 0 Å². The van der Waals surface area contributed by atoms with Crippen LogP contribution in [0.3, 0.4) is 0 Å². The van der Waals surface area contributed by atoms with Crippen LogP contribution in [0.4, 0.5) is 5.82 Å². The molecule has 0 saturated carbocycles. The minimum Gasteiger partial charge on any atom is -0.355 e. The first kappa shape index (κ1) is 15.6. The zero-order valence-electron chi connectivity index (χ0n) is 13.0. The summed E-state index contributed by atoms with van der Waals surface area (Å²) in [5.41, 5.74) is 1.14. The van der Waals surface area contributed by atoms with E-state index in [2.05, 4.69) is 42.9 Å². The second kappa shape index (κ2) is 6.77. The summed E-state index contributed by atoms with van der Waals surface area (Å²) in [6.45, 7) is 11.8. The van der Waals surface area contributed by atoms with E-state index in [1.54, 1.807) is 0 Å². The molecule has 0 radical (unpaired) electrons. The van der Waals surface area contributed by atoms with Crippen LogP contribution >= 0.6 is 11.6 Å². The average Bonchev–Trinajstić information content (AvgIpc) is 2.35. The summed E-state index contributed by atoms with van der Waals surface area (Å²) in [6, 6.07) is 2.51. The molecule has 0 aromatic carbocycles. The maximum absolute atomic E-state index is 6.44. The summed E-state index contributed by atoms with van der Waals surface area (Å²) < 4.78 is 0. The van der Waals surface area contributed by atoms with Gasteiger partial charge in [0.2, 0.25) is 0 Å². The maximum atomic E-state index is 6.44. The predicted octanol–water partition coefficient (Wildman–Crippen LogP) is 3.72. The number of hydrogen-bond donors (Lipinski definition) is 1. The Hall–Kier alpha value is -0.800. The molecule has 4 heteroatoms. The summed E-state index contributed by atoms with van der Waals surface area (Å²) in [4.78, 5) is 6.94. The summed E-state index contributed by atoms with van der Waals surface area (Å²) in [5, 5.41) is 4.16. The fourth-order valence-corrected chi connectivity index (χ4v) is 3.27. The molecule has 0 spiro atoms. The SMILES string of the molecule is CC1CC(C)CN(c2ncc(CNC(C)C)cc2Cl)C1. The molecule has 2 atom stereocenters. The number of rotatable bonds is 4. The van der Waals surface area contributed by atoms with E-state index in [1.165, 1.54) is 6.42 Å². The monoisotopic (exact) mass is 295 g/mol. The summed E-state index contributed by atoms with van der Waals surface area (Å²) in [7, 11) is 0. The van der Waals surface area contributed by atoms with Gasteiger partial charge in [0.15, 0.2) is 0 Å². The molecule has 112 valence electrons. The quantitative estimate of drug-likeness (QED) is 0.918. The highest BCUT2D eigenvalue weighted by molar-refractivity contribution is 6.33. The minimum atomic E-state index is 0.470. The normalized spacial score (nSPS) is 23.4. The smallest absolute Gasteiger partial charge is 0.147 e. The summed E-state index contributed by atoms with van der Waals surface area (Å²) in [5.74, 6) is 2.36. The third kappa shape index (κ3) is 4.10. The van der Waals surface area contributed by atoms with E-state index in [-0.39, 0.29) is 0 Å². The number of nitrogens with zero attached hydrogens (tertiary/aromatic N) is 2. The van der Waals surface area contributed by atoms with Crippen molar-refractivity contribution in [2.75, 3.05) is 18.0 Å². The van der Waals surface area contributed by atoms with E-state index < -0.39 is 0 Å². The van der Waals surface area contributed by atoms with Gasteiger partial charge in [-0.05, 0) is 29.9 Å². The average molecular weight is 296 g/mol. The van der Waals surface area contributed by atoms with Gasteiger partial charge in [0.25, 0.3) is 0 Å². The number of aromatic nitrogens is 1. The first-order valence-corrected chi connectivity index (χ1v) is 7.96. The van der Waals surface area contributed by atoms with E-state index in [9.17, 15) is 0 Å². The molecule has 1 aliphatic rings. The van der Waals surface area contributed by atoms with Crippen molar-refractivity contribution in [3.05, 3.63) is 22.8 Å². The Kier molecular flexibility index (Phi) is 5.28. The highest BCUT2D eigenvalue weighted by atomic mass is 35.5. The fourth-order valence-electron chi connectivity index (χ4n) is 2.96. The summed E-state index contributed by atoms with van der Waals surface area (Å²) >= 11 is 6.44. The fraction of sp³-hybridized carbons (Fsp3) is 0.688. The summed E-state index contributed by atoms with van der Waals surface area (Å²) in [6.07, 6.45) is 3.24. The van der Waals surface area contributed by atoms with Gasteiger partial charge in [0.1, 0.15) is 5.82 Å². The topological polar surface area (TPSA) is 28.2 Å². The number of pyridine rings is 1. The Bertz CT molecular complexity index is 437. The van der Waals surface area contributed by atoms with E-state index in [0.29, 0.717) is 17.9 Å². The van der Waals surface area contributed by atoms with Crippen LogP contribution in [0.25, 0.3) is 0 Å². The largest absolute Gasteiger partial charge is 0.355 e. The predicted molar refractivity (Wildman–Crippen MR) is 86.4 cm³/mol. The van der Waals surface area contributed by atoms with Crippen LogP contribution < -0.4 is 10.2 Å². The second-order valence-corrected chi connectivity index (χ2v) is 6.94. The molecule has 3 nitrogen and oxygen atoms in total. The lowest BCUT2D eigenvalue weighted by molar-refractivity contribution is 0.355. The Labute approximate surface area is 127 Å². The molecule has 0 amide bonds. The van der Waals surface area contributed by atoms with Crippen molar-refractivity contribution in [1.82, 2.24) is 10.3 Å². The van der Waals surface area contributed by atoms with E-state index in [0.717, 1.165) is 36.0 Å². The lowest BCUT2D eigenvalue weighted by atomic mass is 9.92. The third-order valence-corrected chi connectivity index (χ3v) is 4.04. The Balaban J connectivity index is 2.09. The molecular formula is C16H26ClN3. The molecule has 2 unspecified atom stereocenters. The number of anilines is 1. The molecule has 0 aliphatic carbocycles. The van der Waals surface area contributed by atoms with Crippen molar-refractivity contribution >= 4 is 17.4 Å². The van der Waals surface area contributed by atoms with Gasteiger partial charge in [-0.3, -0.25) is 0 Å². The molecule has 20 heavy (non-hydrogen) atoms. The van der Waals surface area contributed by atoms with Gasteiger partial charge in [0, 0.05) is 31.9 Å². The van der Waals surface area contributed by atoms with Gasteiger partial charge < -0.3 is 10.2 Å². The number of hydrogen-bond acceptors (Lipinski definition) is 3. The Morgan fingerprint density at radius 1 is 1.35 bits per heavy atom. The minimum absolute atomic E-state index is 0.470. The second-order valence-electron chi connectivity index (χ2n) is 6.54. The Morgan fingerprint density at radius 3 is 2.55 bits per heavy atom. The molecule has 1 aromatic heterocycles. The zero-order chi connectivity index (χ0) is 14.7. The van der Waals surface area contributed by atoms with Crippen LogP contribution in [0, 0.1) is 11.8 Å². The highest BCUT2D eigenvalue weighted by Gasteiger charge is 2.24. The van der Waals surface area contributed by atoms with Crippen LogP contribution in [-0.4, -0.2) is 24.1 Å². The van der Waals surface area contributed by atoms with Crippen LogP contribution in [0.5, 0.6) is 0 Å². The number of halogens is 1. The van der Waals surface area contributed by atoms with E-state index >= 15 is 0 Å². The molecular weight excluding hydrogens is 270 g/mol. The van der Waals surface area contributed by atoms with Gasteiger partial charge >= 0.3 is 0 Å². The van der Waals surface area contributed by atoms with Crippen LogP contribution in [0.1, 0.15) is 39.7 Å². The van der Waals surface area contributed by atoms with Gasteiger partial charge in [-0.25, -0.2) is 4.98 Å². The Morgan fingerprint density at radius 2 is 2.00 bits per heavy atom. The lowest BCUT2D eigenvalue weighted by Crippen LogP contribution is -2.39. The molecule has 0 bridgehead atoms. The highest BCUT2D eigenvalue weighted by Crippen LogP contribution is 2.30.